The van der Waals surface area contributed by atoms with E-state index in [1.807, 2.05) is 24.3 Å². The number of carbonyl (C=O) groups excluding carboxylic acids is 1. The highest BCUT2D eigenvalue weighted by Crippen LogP contribution is 2.40. The lowest BCUT2D eigenvalue weighted by atomic mass is 10.0. The van der Waals surface area contributed by atoms with Crippen LogP contribution < -0.4 is 10.6 Å². The van der Waals surface area contributed by atoms with Crippen molar-refractivity contribution in [2.45, 2.75) is 44.1 Å². The number of nitrogens with zero attached hydrogens (tertiary/aromatic N) is 1. The fraction of sp³-hybridized carbons (Fsp3) is 0.444. The van der Waals surface area contributed by atoms with Crippen molar-refractivity contribution in [3.63, 3.8) is 0 Å². The van der Waals surface area contributed by atoms with Gasteiger partial charge in [-0.2, -0.15) is 0 Å². The molecule has 6 heteroatoms. The molecule has 4 rings (SSSR count). The minimum Gasteiger partial charge on any atom is -0.440 e. The molecule has 2 aromatic rings. The van der Waals surface area contributed by atoms with E-state index in [4.69, 9.17) is 4.42 Å². The molecule has 0 bridgehead atoms. The van der Waals surface area contributed by atoms with Crippen molar-refractivity contribution >= 4 is 24.0 Å². The molecule has 128 valence electrons. The summed E-state index contributed by atoms with van der Waals surface area (Å²) in [6.07, 6.45) is 7.32. The Kier molecular flexibility index (Phi) is 5.21. The van der Waals surface area contributed by atoms with Crippen LogP contribution in [0.4, 0.5) is 5.69 Å². The molecule has 0 radical (unpaired) electrons. The number of piperidine rings is 1. The summed E-state index contributed by atoms with van der Waals surface area (Å²) in [5.74, 6) is 2.21. The first-order valence-corrected chi connectivity index (χ1v) is 8.40. The lowest BCUT2D eigenvalue weighted by Crippen LogP contribution is -2.43. The summed E-state index contributed by atoms with van der Waals surface area (Å²) >= 11 is 0. The van der Waals surface area contributed by atoms with Crippen LogP contribution >= 0.6 is 12.4 Å². The van der Waals surface area contributed by atoms with Gasteiger partial charge in [0.1, 0.15) is 0 Å². The molecule has 1 aliphatic carbocycles. The SMILES string of the molecule is Cl.O=C(Nc1ccc(-c2cnc(C3CC3)o2)cc1)C1CCCCN1. The standard InChI is InChI=1S/C18H21N3O2.ClH/c22-17(15-3-1-2-10-19-15)21-14-8-6-12(7-9-14)16-11-20-18(23-16)13-4-5-13;/h6-9,11,13,15,19H,1-5,10H2,(H,21,22);1H. The summed E-state index contributed by atoms with van der Waals surface area (Å²) in [6.45, 7) is 0.922. The van der Waals surface area contributed by atoms with Crippen molar-refractivity contribution in [2.75, 3.05) is 11.9 Å². The van der Waals surface area contributed by atoms with E-state index in [0.717, 1.165) is 48.7 Å². The summed E-state index contributed by atoms with van der Waals surface area (Å²) in [6, 6.07) is 7.67. The highest BCUT2D eigenvalue weighted by molar-refractivity contribution is 5.95. The van der Waals surface area contributed by atoms with Crippen LogP contribution in [0, 0.1) is 0 Å². The number of carbonyl (C=O) groups is 1. The zero-order chi connectivity index (χ0) is 15.6. The lowest BCUT2D eigenvalue weighted by molar-refractivity contribution is -0.118. The van der Waals surface area contributed by atoms with E-state index in [1.165, 1.54) is 12.8 Å². The van der Waals surface area contributed by atoms with Crippen molar-refractivity contribution in [1.29, 1.82) is 0 Å². The third-order valence-electron chi connectivity index (χ3n) is 4.51. The van der Waals surface area contributed by atoms with Crippen LogP contribution in [0.1, 0.15) is 43.9 Å². The van der Waals surface area contributed by atoms with Gasteiger partial charge in [-0.25, -0.2) is 4.98 Å². The minimum atomic E-state index is -0.0706. The fourth-order valence-corrected chi connectivity index (χ4v) is 2.96. The molecule has 1 unspecified atom stereocenters. The second-order valence-electron chi connectivity index (χ2n) is 6.41. The van der Waals surface area contributed by atoms with Crippen molar-refractivity contribution < 1.29 is 9.21 Å². The van der Waals surface area contributed by atoms with Gasteiger partial charge < -0.3 is 15.1 Å². The van der Waals surface area contributed by atoms with Crippen LogP contribution in [-0.4, -0.2) is 23.5 Å². The number of aromatic nitrogens is 1. The van der Waals surface area contributed by atoms with Crippen LogP contribution in [0.15, 0.2) is 34.9 Å². The van der Waals surface area contributed by atoms with Gasteiger partial charge in [0.15, 0.2) is 11.7 Å². The Morgan fingerprint density at radius 3 is 2.62 bits per heavy atom. The van der Waals surface area contributed by atoms with Gasteiger partial charge in [0.05, 0.1) is 12.2 Å². The Hall–Kier alpha value is -1.85. The molecule has 2 aliphatic rings. The van der Waals surface area contributed by atoms with Gasteiger partial charge in [-0.05, 0) is 56.5 Å². The van der Waals surface area contributed by atoms with Crippen molar-refractivity contribution in [2.24, 2.45) is 0 Å². The fourth-order valence-electron chi connectivity index (χ4n) is 2.96. The Bertz CT molecular complexity index is 689. The number of nitrogens with one attached hydrogen (secondary N) is 2. The molecule has 1 aromatic heterocycles. The molecule has 1 saturated carbocycles. The molecule has 1 aliphatic heterocycles. The molecular formula is C18H22ClN3O2. The number of benzene rings is 1. The van der Waals surface area contributed by atoms with Crippen molar-refractivity contribution in [3.8, 4) is 11.3 Å². The molecule has 24 heavy (non-hydrogen) atoms. The predicted octanol–water partition coefficient (Wildman–Crippen LogP) is 3.72. The molecule has 1 amide bonds. The Balaban J connectivity index is 0.00000169. The zero-order valence-corrected chi connectivity index (χ0v) is 14.3. The molecule has 1 aromatic carbocycles. The first kappa shape index (κ1) is 17.0. The Morgan fingerprint density at radius 1 is 1.17 bits per heavy atom. The highest BCUT2D eigenvalue weighted by Gasteiger charge is 2.28. The number of anilines is 1. The average molecular weight is 348 g/mol. The third kappa shape index (κ3) is 3.79. The van der Waals surface area contributed by atoms with Crippen LogP contribution in [-0.2, 0) is 4.79 Å². The van der Waals surface area contributed by atoms with E-state index < -0.39 is 0 Å². The van der Waals surface area contributed by atoms with E-state index in [2.05, 4.69) is 15.6 Å². The summed E-state index contributed by atoms with van der Waals surface area (Å²) in [5.41, 5.74) is 1.80. The molecule has 2 fully saturated rings. The third-order valence-corrected chi connectivity index (χ3v) is 4.51. The summed E-state index contributed by atoms with van der Waals surface area (Å²) in [7, 11) is 0. The molecule has 2 heterocycles. The topological polar surface area (TPSA) is 67.2 Å². The van der Waals surface area contributed by atoms with Gasteiger partial charge in [-0.3, -0.25) is 4.79 Å². The first-order chi connectivity index (χ1) is 11.3. The van der Waals surface area contributed by atoms with Crippen molar-refractivity contribution in [3.05, 3.63) is 36.4 Å². The zero-order valence-electron chi connectivity index (χ0n) is 13.5. The summed E-state index contributed by atoms with van der Waals surface area (Å²) in [4.78, 5) is 16.5. The quantitative estimate of drug-likeness (QED) is 0.884. The summed E-state index contributed by atoms with van der Waals surface area (Å²) in [5, 5.41) is 6.24. The number of hydrogen-bond acceptors (Lipinski definition) is 4. The van der Waals surface area contributed by atoms with E-state index >= 15 is 0 Å². The van der Waals surface area contributed by atoms with Crippen molar-refractivity contribution in [1.82, 2.24) is 10.3 Å². The van der Waals surface area contributed by atoms with Gasteiger partial charge in [0, 0.05) is 17.2 Å². The minimum absolute atomic E-state index is 0. The van der Waals surface area contributed by atoms with Gasteiger partial charge >= 0.3 is 0 Å². The Labute approximate surface area is 147 Å². The molecule has 2 N–H and O–H groups in total. The van der Waals surface area contributed by atoms with Crippen LogP contribution in [0.25, 0.3) is 11.3 Å². The average Bonchev–Trinajstić information content (AvgIpc) is 3.34. The summed E-state index contributed by atoms with van der Waals surface area (Å²) < 4.78 is 5.80. The van der Waals surface area contributed by atoms with Gasteiger partial charge in [0.2, 0.25) is 5.91 Å². The van der Waals surface area contributed by atoms with Crippen LogP contribution in [0.5, 0.6) is 0 Å². The molecular weight excluding hydrogens is 326 g/mol. The molecule has 5 nitrogen and oxygen atoms in total. The monoisotopic (exact) mass is 347 g/mol. The maximum absolute atomic E-state index is 12.2. The second kappa shape index (κ2) is 7.36. The number of rotatable bonds is 4. The normalized spacial score (nSPS) is 20.2. The maximum atomic E-state index is 12.2. The van der Waals surface area contributed by atoms with Crippen LogP contribution in [0.2, 0.25) is 0 Å². The van der Waals surface area contributed by atoms with Gasteiger partial charge in [-0.15, -0.1) is 12.4 Å². The number of halogens is 1. The predicted molar refractivity (Wildman–Crippen MR) is 95.4 cm³/mol. The number of amides is 1. The van der Waals surface area contributed by atoms with Crippen LogP contribution in [0.3, 0.4) is 0 Å². The highest BCUT2D eigenvalue weighted by atomic mass is 35.5. The molecule has 1 atom stereocenters. The lowest BCUT2D eigenvalue weighted by Gasteiger charge is -2.22. The van der Waals surface area contributed by atoms with E-state index in [-0.39, 0.29) is 24.4 Å². The first-order valence-electron chi connectivity index (χ1n) is 8.40. The number of hydrogen-bond donors (Lipinski definition) is 2. The second-order valence-corrected chi connectivity index (χ2v) is 6.41. The van der Waals surface area contributed by atoms with E-state index in [9.17, 15) is 4.79 Å². The van der Waals surface area contributed by atoms with Gasteiger partial charge in [0.25, 0.3) is 0 Å². The van der Waals surface area contributed by atoms with E-state index in [0.29, 0.717) is 5.92 Å². The smallest absolute Gasteiger partial charge is 0.241 e. The number of oxazole rings is 1. The van der Waals surface area contributed by atoms with E-state index in [1.54, 1.807) is 6.20 Å². The molecule has 1 saturated heterocycles. The largest absolute Gasteiger partial charge is 0.440 e. The van der Waals surface area contributed by atoms with Gasteiger partial charge in [-0.1, -0.05) is 6.42 Å². The maximum Gasteiger partial charge on any atom is 0.241 e. The molecule has 0 spiro atoms. The Morgan fingerprint density at radius 2 is 1.96 bits per heavy atom.